The van der Waals surface area contributed by atoms with Crippen LogP contribution in [-0.4, -0.2) is 50.3 Å². The van der Waals surface area contributed by atoms with Crippen molar-refractivity contribution in [1.29, 1.82) is 0 Å². The van der Waals surface area contributed by atoms with Gasteiger partial charge in [0.05, 0.1) is 0 Å². The van der Waals surface area contributed by atoms with E-state index in [2.05, 4.69) is 9.62 Å². The van der Waals surface area contributed by atoms with Crippen molar-refractivity contribution in [3.05, 3.63) is 34.6 Å². The monoisotopic (exact) mass is 365 g/mol. The van der Waals surface area contributed by atoms with Crippen LogP contribution in [0.25, 0.3) is 0 Å². The van der Waals surface area contributed by atoms with Crippen LogP contribution in [0.3, 0.4) is 0 Å². The summed E-state index contributed by atoms with van der Waals surface area (Å²) in [6, 6.07) is 4.36. The van der Waals surface area contributed by atoms with Crippen LogP contribution in [0.1, 0.15) is 26.3 Å². The van der Waals surface area contributed by atoms with Gasteiger partial charge in [-0.25, -0.2) is 9.11 Å². The summed E-state index contributed by atoms with van der Waals surface area (Å²) in [4.78, 5) is 2.15. The Morgan fingerprint density at radius 3 is 2.43 bits per heavy atom. The third kappa shape index (κ3) is 5.69. The summed E-state index contributed by atoms with van der Waals surface area (Å²) in [5.41, 5.74) is 0.166. The van der Waals surface area contributed by atoms with Crippen molar-refractivity contribution in [2.24, 2.45) is 0 Å². The maximum Gasteiger partial charge on any atom is 0.279 e. The Morgan fingerprint density at radius 2 is 1.91 bits per heavy atom. The van der Waals surface area contributed by atoms with Crippen LogP contribution >= 0.6 is 11.6 Å². The Hall–Kier alpha value is -0.730. The fourth-order valence-corrected chi connectivity index (χ4v) is 3.50. The predicted molar refractivity (Wildman–Crippen MR) is 92.2 cm³/mol. The molecule has 0 amide bonds. The minimum atomic E-state index is -3.71. The molecule has 8 heteroatoms. The van der Waals surface area contributed by atoms with E-state index >= 15 is 0 Å². The molecule has 0 radical (unpaired) electrons. The van der Waals surface area contributed by atoms with Gasteiger partial charge < -0.3 is 0 Å². The van der Waals surface area contributed by atoms with E-state index in [0.717, 1.165) is 17.4 Å². The zero-order valence-corrected chi connectivity index (χ0v) is 15.6. The van der Waals surface area contributed by atoms with Crippen LogP contribution in [0.15, 0.2) is 18.2 Å². The molecule has 0 bridgehead atoms. The number of hydrogen-bond donors (Lipinski definition) is 1. The van der Waals surface area contributed by atoms with Crippen molar-refractivity contribution in [1.82, 2.24) is 13.9 Å². The molecule has 1 atom stereocenters. The molecule has 0 aliphatic heterocycles. The summed E-state index contributed by atoms with van der Waals surface area (Å²) in [5, 5.41) is 0.212. The first-order chi connectivity index (χ1) is 10.7. The summed E-state index contributed by atoms with van der Waals surface area (Å²) < 4.78 is 42.0. The predicted octanol–water partition coefficient (Wildman–Crippen LogP) is 2.48. The molecule has 0 aromatic heterocycles. The second kappa shape index (κ2) is 8.94. The normalized spacial score (nSPS) is 13.7. The molecule has 23 heavy (non-hydrogen) atoms. The molecule has 132 valence electrons. The molecule has 0 saturated heterocycles. The number of hydrogen-bond acceptors (Lipinski definition) is 3. The van der Waals surface area contributed by atoms with Gasteiger partial charge >= 0.3 is 0 Å². The molecule has 0 heterocycles. The van der Waals surface area contributed by atoms with E-state index in [1.807, 2.05) is 20.8 Å². The molecule has 0 spiro atoms. The van der Waals surface area contributed by atoms with Gasteiger partial charge in [0.25, 0.3) is 10.2 Å². The first-order valence-corrected chi connectivity index (χ1v) is 9.42. The van der Waals surface area contributed by atoms with E-state index in [4.69, 9.17) is 11.6 Å². The average molecular weight is 366 g/mol. The van der Waals surface area contributed by atoms with E-state index in [9.17, 15) is 12.8 Å². The van der Waals surface area contributed by atoms with Gasteiger partial charge in [0.2, 0.25) is 0 Å². The highest BCUT2D eigenvalue weighted by Gasteiger charge is 2.22. The lowest BCUT2D eigenvalue weighted by atomic mass is 10.2. The molecule has 0 aliphatic carbocycles. The van der Waals surface area contributed by atoms with Crippen LogP contribution in [0.4, 0.5) is 4.39 Å². The molecule has 1 N–H and O–H groups in total. The second-order valence-electron chi connectivity index (χ2n) is 5.38. The van der Waals surface area contributed by atoms with Gasteiger partial charge in [-0.15, -0.1) is 0 Å². The average Bonchev–Trinajstić information content (AvgIpc) is 2.50. The summed E-state index contributed by atoms with van der Waals surface area (Å²) in [7, 11) is -2.31. The maximum atomic E-state index is 13.8. The summed E-state index contributed by atoms with van der Waals surface area (Å²) in [5.74, 6) is -0.518. The molecule has 1 aromatic carbocycles. The largest absolute Gasteiger partial charge is 0.300 e. The molecule has 1 rings (SSSR count). The molecule has 1 unspecified atom stereocenters. The minimum absolute atomic E-state index is 0.0743. The topological polar surface area (TPSA) is 52.7 Å². The van der Waals surface area contributed by atoms with Crippen LogP contribution in [-0.2, 0) is 16.8 Å². The van der Waals surface area contributed by atoms with E-state index in [1.54, 1.807) is 0 Å². The second-order valence-corrected chi connectivity index (χ2v) is 7.65. The van der Waals surface area contributed by atoms with Crippen molar-refractivity contribution in [3.8, 4) is 0 Å². The zero-order valence-electron chi connectivity index (χ0n) is 14.0. The SMILES string of the molecule is CCN(CC)C(C)CNS(=O)(=O)N(C)Cc1c(F)cccc1Cl. The Kier molecular flexibility index (Phi) is 7.89. The van der Waals surface area contributed by atoms with Crippen molar-refractivity contribution in [3.63, 3.8) is 0 Å². The van der Waals surface area contributed by atoms with E-state index < -0.39 is 16.0 Å². The summed E-state index contributed by atoms with van der Waals surface area (Å²) >= 11 is 5.94. The molecule has 0 aliphatic rings. The first kappa shape index (κ1) is 20.3. The number of halogens is 2. The molecule has 0 fully saturated rings. The fourth-order valence-electron chi connectivity index (χ4n) is 2.30. The third-order valence-corrected chi connectivity index (χ3v) is 5.68. The number of benzene rings is 1. The van der Waals surface area contributed by atoms with Crippen LogP contribution in [0, 0.1) is 5.82 Å². The van der Waals surface area contributed by atoms with E-state index in [0.29, 0.717) is 6.54 Å². The van der Waals surface area contributed by atoms with Gasteiger partial charge in [-0.2, -0.15) is 12.7 Å². The minimum Gasteiger partial charge on any atom is -0.300 e. The van der Waals surface area contributed by atoms with Gasteiger partial charge in [0.1, 0.15) is 5.82 Å². The van der Waals surface area contributed by atoms with Gasteiger partial charge in [-0.05, 0) is 32.1 Å². The summed E-state index contributed by atoms with van der Waals surface area (Å²) in [6.07, 6.45) is 0. The van der Waals surface area contributed by atoms with Gasteiger partial charge in [-0.3, -0.25) is 4.90 Å². The Bertz CT molecular complexity index is 588. The number of rotatable bonds is 9. The molecule has 5 nitrogen and oxygen atoms in total. The highest BCUT2D eigenvalue weighted by Crippen LogP contribution is 2.21. The number of likely N-dealkylation sites (N-methyl/N-ethyl adjacent to an activating group) is 1. The van der Waals surface area contributed by atoms with Crippen LogP contribution < -0.4 is 4.72 Å². The molecule has 0 saturated carbocycles. The Morgan fingerprint density at radius 1 is 1.30 bits per heavy atom. The van der Waals surface area contributed by atoms with Crippen LogP contribution in [0.2, 0.25) is 5.02 Å². The zero-order chi connectivity index (χ0) is 17.6. The summed E-state index contributed by atoms with van der Waals surface area (Å²) in [6.45, 7) is 7.88. The van der Waals surface area contributed by atoms with Gasteiger partial charge in [0.15, 0.2) is 0 Å². The highest BCUT2D eigenvalue weighted by molar-refractivity contribution is 7.87. The van der Waals surface area contributed by atoms with E-state index in [-0.39, 0.29) is 23.2 Å². The van der Waals surface area contributed by atoms with Gasteiger partial charge in [-0.1, -0.05) is 31.5 Å². The van der Waals surface area contributed by atoms with Crippen molar-refractivity contribution < 1.29 is 12.8 Å². The van der Waals surface area contributed by atoms with Crippen LogP contribution in [0.5, 0.6) is 0 Å². The smallest absolute Gasteiger partial charge is 0.279 e. The first-order valence-electron chi connectivity index (χ1n) is 7.60. The highest BCUT2D eigenvalue weighted by atomic mass is 35.5. The third-order valence-electron chi connectivity index (χ3n) is 3.85. The number of nitrogens with one attached hydrogen (secondary N) is 1. The maximum absolute atomic E-state index is 13.8. The lowest BCUT2D eigenvalue weighted by Gasteiger charge is -2.27. The van der Waals surface area contributed by atoms with Crippen molar-refractivity contribution in [2.75, 3.05) is 26.7 Å². The Labute approximate surface area is 143 Å². The van der Waals surface area contributed by atoms with Crippen molar-refractivity contribution >= 4 is 21.8 Å². The van der Waals surface area contributed by atoms with Crippen molar-refractivity contribution in [2.45, 2.75) is 33.4 Å². The fraction of sp³-hybridized carbons (Fsp3) is 0.600. The lowest BCUT2D eigenvalue weighted by Crippen LogP contribution is -2.45. The molecular formula is C15H25ClFN3O2S. The van der Waals surface area contributed by atoms with E-state index in [1.165, 1.54) is 25.2 Å². The molecule has 1 aromatic rings. The quantitative estimate of drug-likeness (QED) is 0.731. The standard InChI is InChI=1S/C15H25ClFN3O2S/c1-5-20(6-2)12(3)10-18-23(21,22)19(4)11-13-14(16)8-7-9-15(13)17/h7-9,12,18H,5-6,10-11H2,1-4H3. The van der Waals surface area contributed by atoms with Gasteiger partial charge in [0, 0.05) is 36.8 Å². The Balaban J connectivity index is 2.73. The lowest BCUT2D eigenvalue weighted by molar-refractivity contribution is 0.231. The molecular weight excluding hydrogens is 341 g/mol. The number of nitrogens with zero attached hydrogens (tertiary/aromatic N) is 2.